The zero-order valence-corrected chi connectivity index (χ0v) is 9.96. The van der Waals surface area contributed by atoms with Crippen LogP contribution in [0.3, 0.4) is 0 Å². The molecule has 1 saturated heterocycles. The van der Waals surface area contributed by atoms with E-state index in [1.165, 1.54) is 11.1 Å². The molecule has 1 aliphatic rings. The number of likely N-dealkylation sites (tertiary alicyclic amines) is 1. The van der Waals surface area contributed by atoms with Gasteiger partial charge in [0, 0.05) is 24.8 Å². The highest BCUT2D eigenvalue weighted by atomic mass is 79.9. The third-order valence-corrected chi connectivity index (χ3v) is 2.95. The zero-order valence-electron chi connectivity index (χ0n) is 8.38. The summed E-state index contributed by atoms with van der Waals surface area (Å²) >= 11 is 3.18. The fourth-order valence-corrected chi connectivity index (χ4v) is 2.02. The maximum Gasteiger partial charge on any atom is 0.254 e. The van der Waals surface area contributed by atoms with Crippen molar-refractivity contribution < 1.29 is 15.0 Å². The predicted molar refractivity (Wildman–Crippen MR) is 59.9 cm³/mol. The molecule has 6 heteroatoms. The first kappa shape index (κ1) is 11.5. The van der Waals surface area contributed by atoms with Crippen LogP contribution >= 0.6 is 15.9 Å². The Balaban J connectivity index is 2.14. The number of hydrogen-bond donors (Lipinski definition) is 2. The summed E-state index contributed by atoms with van der Waals surface area (Å²) in [6, 6.07) is 3.21. The summed E-state index contributed by atoms with van der Waals surface area (Å²) in [5, 5.41) is 18.7. The number of hydrogen-bond acceptors (Lipinski definition) is 4. The highest BCUT2D eigenvalue weighted by Crippen LogP contribution is 2.15. The largest absolute Gasteiger partial charge is 0.388 e. The van der Waals surface area contributed by atoms with Crippen molar-refractivity contribution in [2.24, 2.45) is 0 Å². The molecule has 2 N–H and O–H groups in total. The number of halogens is 1. The Kier molecular flexibility index (Phi) is 3.22. The summed E-state index contributed by atoms with van der Waals surface area (Å²) in [5.41, 5.74) is 0.489. The second-order valence-electron chi connectivity index (χ2n) is 3.71. The monoisotopic (exact) mass is 286 g/mol. The van der Waals surface area contributed by atoms with Gasteiger partial charge in [-0.25, -0.2) is 4.98 Å². The molecule has 0 unspecified atom stereocenters. The van der Waals surface area contributed by atoms with Crippen LogP contribution in [0.1, 0.15) is 10.4 Å². The first-order valence-corrected chi connectivity index (χ1v) is 5.64. The number of β-amino-alcohol motifs (C(OH)–C–C–N with tert-alkyl or cyclic N) is 2. The number of aliphatic hydroxyl groups excluding tert-OH is 2. The van der Waals surface area contributed by atoms with Crippen LogP contribution in [-0.2, 0) is 0 Å². The van der Waals surface area contributed by atoms with Gasteiger partial charge in [-0.2, -0.15) is 0 Å². The van der Waals surface area contributed by atoms with Crippen molar-refractivity contribution in [3.63, 3.8) is 0 Å². The molecular formula is C10H11BrN2O3. The highest BCUT2D eigenvalue weighted by Gasteiger charge is 2.32. The smallest absolute Gasteiger partial charge is 0.254 e. The Labute approximate surface area is 101 Å². The normalized spacial score (nSPS) is 24.8. The molecule has 2 atom stereocenters. The zero-order chi connectivity index (χ0) is 11.7. The number of amides is 1. The van der Waals surface area contributed by atoms with Crippen LogP contribution in [0, 0.1) is 0 Å². The van der Waals surface area contributed by atoms with E-state index in [9.17, 15) is 15.0 Å². The lowest BCUT2D eigenvalue weighted by Crippen LogP contribution is -2.29. The van der Waals surface area contributed by atoms with Gasteiger partial charge in [-0.05, 0) is 28.1 Å². The van der Waals surface area contributed by atoms with Gasteiger partial charge in [0.05, 0.1) is 12.2 Å². The summed E-state index contributed by atoms with van der Waals surface area (Å²) in [7, 11) is 0. The van der Waals surface area contributed by atoms with E-state index in [0.717, 1.165) is 0 Å². The second-order valence-corrected chi connectivity index (χ2v) is 4.52. The molecule has 1 aromatic heterocycles. The van der Waals surface area contributed by atoms with E-state index in [2.05, 4.69) is 20.9 Å². The number of aromatic nitrogens is 1. The molecule has 1 aliphatic heterocycles. The average Bonchev–Trinajstić information content (AvgIpc) is 2.58. The molecule has 0 saturated carbocycles. The molecule has 5 nitrogen and oxygen atoms in total. The molecular weight excluding hydrogens is 276 g/mol. The van der Waals surface area contributed by atoms with Gasteiger partial charge in [-0.15, -0.1) is 0 Å². The Morgan fingerprint density at radius 1 is 1.44 bits per heavy atom. The molecule has 86 valence electrons. The summed E-state index contributed by atoms with van der Waals surface area (Å²) in [5.74, 6) is -0.210. The lowest BCUT2D eigenvalue weighted by Gasteiger charge is -2.15. The minimum absolute atomic E-state index is 0.167. The fourth-order valence-electron chi connectivity index (χ4n) is 1.65. The molecule has 2 rings (SSSR count). The van der Waals surface area contributed by atoms with Crippen molar-refractivity contribution in [2.75, 3.05) is 13.1 Å². The molecule has 1 fully saturated rings. The van der Waals surface area contributed by atoms with Crippen LogP contribution in [0.25, 0.3) is 0 Å². The fraction of sp³-hybridized carbons (Fsp3) is 0.400. The van der Waals surface area contributed by atoms with Crippen molar-refractivity contribution in [1.82, 2.24) is 9.88 Å². The molecule has 2 heterocycles. The van der Waals surface area contributed by atoms with Crippen LogP contribution < -0.4 is 0 Å². The van der Waals surface area contributed by atoms with E-state index in [4.69, 9.17) is 0 Å². The maximum atomic E-state index is 11.9. The van der Waals surface area contributed by atoms with E-state index < -0.39 is 12.2 Å². The first-order chi connectivity index (χ1) is 7.58. The Morgan fingerprint density at radius 2 is 2.06 bits per heavy atom. The second kappa shape index (κ2) is 4.48. The molecule has 0 aromatic carbocycles. The first-order valence-electron chi connectivity index (χ1n) is 4.85. The third kappa shape index (κ3) is 2.23. The standard InChI is InChI=1S/C10H11BrN2O3/c11-9-3-6(1-2-12-9)10(16)13-4-7(14)8(15)5-13/h1-3,7-8,14-15H,4-5H2/t7-,8+. The molecule has 1 aromatic rings. The number of rotatable bonds is 1. The quantitative estimate of drug-likeness (QED) is 0.714. The minimum Gasteiger partial charge on any atom is -0.388 e. The minimum atomic E-state index is -0.853. The Morgan fingerprint density at radius 3 is 2.62 bits per heavy atom. The summed E-state index contributed by atoms with van der Waals surface area (Å²) < 4.78 is 0.582. The van der Waals surface area contributed by atoms with E-state index in [1.54, 1.807) is 12.1 Å². The molecule has 0 bridgehead atoms. The van der Waals surface area contributed by atoms with E-state index in [0.29, 0.717) is 10.2 Å². The average molecular weight is 287 g/mol. The lowest BCUT2D eigenvalue weighted by molar-refractivity contribution is 0.0572. The van der Waals surface area contributed by atoms with Crippen LogP contribution in [0.5, 0.6) is 0 Å². The van der Waals surface area contributed by atoms with Gasteiger partial charge in [0.25, 0.3) is 5.91 Å². The van der Waals surface area contributed by atoms with Crippen molar-refractivity contribution in [3.8, 4) is 0 Å². The van der Waals surface area contributed by atoms with E-state index in [-0.39, 0.29) is 19.0 Å². The van der Waals surface area contributed by atoms with Crippen LogP contribution in [-0.4, -0.2) is 51.3 Å². The van der Waals surface area contributed by atoms with Crippen molar-refractivity contribution in [2.45, 2.75) is 12.2 Å². The number of pyridine rings is 1. The molecule has 0 radical (unpaired) electrons. The van der Waals surface area contributed by atoms with Gasteiger partial charge < -0.3 is 15.1 Å². The molecule has 0 spiro atoms. The van der Waals surface area contributed by atoms with Gasteiger partial charge in [-0.1, -0.05) is 0 Å². The van der Waals surface area contributed by atoms with Crippen molar-refractivity contribution >= 4 is 21.8 Å². The van der Waals surface area contributed by atoms with Gasteiger partial charge in [0.2, 0.25) is 0 Å². The van der Waals surface area contributed by atoms with E-state index >= 15 is 0 Å². The van der Waals surface area contributed by atoms with Crippen LogP contribution in [0.4, 0.5) is 0 Å². The number of nitrogens with zero attached hydrogens (tertiary/aromatic N) is 2. The van der Waals surface area contributed by atoms with Crippen molar-refractivity contribution in [1.29, 1.82) is 0 Å². The molecule has 0 aliphatic carbocycles. The van der Waals surface area contributed by atoms with E-state index in [1.807, 2.05) is 0 Å². The molecule has 1 amide bonds. The molecule has 16 heavy (non-hydrogen) atoms. The maximum absolute atomic E-state index is 11.9. The number of carbonyl (C=O) groups is 1. The summed E-state index contributed by atoms with van der Waals surface area (Å²) in [6.45, 7) is 0.333. The summed E-state index contributed by atoms with van der Waals surface area (Å²) in [4.78, 5) is 17.3. The van der Waals surface area contributed by atoms with Gasteiger partial charge >= 0.3 is 0 Å². The third-order valence-electron chi connectivity index (χ3n) is 2.52. The van der Waals surface area contributed by atoms with Gasteiger partial charge in [-0.3, -0.25) is 4.79 Å². The number of carbonyl (C=O) groups excluding carboxylic acids is 1. The van der Waals surface area contributed by atoms with Gasteiger partial charge in [0.1, 0.15) is 4.60 Å². The van der Waals surface area contributed by atoms with Crippen molar-refractivity contribution in [3.05, 3.63) is 28.5 Å². The number of aliphatic hydroxyl groups is 2. The predicted octanol–water partition coefficient (Wildman–Crippen LogP) is 0.0217. The lowest BCUT2D eigenvalue weighted by atomic mass is 10.2. The SMILES string of the molecule is O=C(c1ccnc(Br)c1)N1C[C@@H](O)[C@@H](O)C1. The Bertz CT molecular complexity index is 403. The Hall–Kier alpha value is -0.980. The summed E-state index contributed by atoms with van der Waals surface area (Å²) in [6.07, 6.45) is -0.177. The topological polar surface area (TPSA) is 73.7 Å². The van der Waals surface area contributed by atoms with Gasteiger partial charge in [0.15, 0.2) is 0 Å². The highest BCUT2D eigenvalue weighted by molar-refractivity contribution is 9.10. The van der Waals surface area contributed by atoms with Crippen LogP contribution in [0.2, 0.25) is 0 Å². The van der Waals surface area contributed by atoms with Crippen LogP contribution in [0.15, 0.2) is 22.9 Å².